The van der Waals surface area contributed by atoms with Gasteiger partial charge in [-0.1, -0.05) is 12.1 Å². The highest BCUT2D eigenvalue weighted by Gasteiger charge is 2.11. The number of rotatable bonds is 3. The molecule has 0 aliphatic rings. The summed E-state index contributed by atoms with van der Waals surface area (Å²) >= 11 is 3.49. The summed E-state index contributed by atoms with van der Waals surface area (Å²) in [6.45, 7) is 4.29. The van der Waals surface area contributed by atoms with Gasteiger partial charge in [0, 0.05) is 26.3 Å². The zero-order valence-corrected chi connectivity index (χ0v) is 13.3. The summed E-state index contributed by atoms with van der Waals surface area (Å²) in [4.78, 5) is 7.42. The molecule has 20 heavy (non-hydrogen) atoms. The third kappa shape index (κ3) is 2.49. The Morgan fingerprint density at radius 3 is 2.70 bits per heavy atom. The minimum absolute atomic E-state index is 0.863. The molecule has 0 saturated heterocycles. The lowest BCUT2D eigenvalue weighted by Gasteiger charge is -2.01. The second-order valence-electron chi connectivity index (χ2n) is 4.60. The molecule has 0 fully saturated rings. The van der Waals surface area contributed by atoms with Crippen LogP contribution in [0.2, 0.25) is 0 Å². The fraction of sp³-hybridized carbons (Fsp3) is 0.188. The summed E-state index contributed by atoms with van der Waals surface area (Å²) in [5.41, 5.74) is 3.41. The number of aryl methyl sites for hydroxylation is 2. The van der Waals surface area contributed by atoms with E-state index in [1.54, 1.807) is 18.4 Å². The van der Waals surface area contributed by atoms with Crippen LogP contribution in [0, 0.1) is 13.8 Å². The van der Waals surface area contributed by atoms with Crippen LogP contribution in [0.4, 0.5) is 0 Å². The first kappa shape index (κ1) is 13.3. The number of benzene rings is 1. The predicted molar refractivity (Wildman–Crippen MR) is 86.9 cm³/mol. The van der Waals surface area contributed by atoms with Crippen LogP contribution in [0.1, 0.15) is 9.75 Å². The van der Waals surface area contributed by atoms with Crippen LogP contribution >= 0.6 is 22.7 Å². The van der Waals surface area contributed by atoms with Gasteiger partial charge in [-0.2, -0.15) is 0 Å². The van der Waals surface area contributed by atoms with Gasteiger partial charge in [0.25, 0.3) is 0 Å². The molecule has 3 rings (SSSR count). The number of aromatic nitrogens is 1. The molecule has 0 radical (unpaired) electrons. The van der Waals surface area contributed by atoms with E-state index < -0.39 is 0 Å². The number of thiazole rings is 1. The zero-order chi connectivity index (χ0) is 14.1. The Morgan fingerprint density at radius 2 is 2.00 bits per heavy atom. The molecule has 0 bridgehead atoms. The third-order valence-corrected chi connectivity index (χ3v) is 5.00. The van der Waals surface area contributed by atoms with Crippen molar-refractivity contribution in [1.29, 1.82) is 0 Å². The second-order valence-corrected chi connectivity index (χ2v) is 6.92. The van der Waals surface area contributed by atoms with Crippen LogP contribution in [0.5, 0.6) is 5.75 Å². The number of methoxy groups -OCH3 is 1. The molecular formula is C16H15NOS2. The van der Waals surface area contributed by atoms with Gasteiger partial charge in [-0.3, -0.25) is 0 Å². The van der Waals surface area contributed by atoms with E-state index >= 15 is 0 Å². The number of hydrogen-bond acceptors (Lipinski definition) is 4. The van der Waals surface area contributed by atoms with E-state index in [9.17, 15) is 0 Å². The van der Waals surface area contributed by atoms with Crippen molar-refractivity contribution in [2.75, 3.05) is 7.11 Å². The largest absolute Gasteiger partial charge is 0.497 e. The summed E-state index contributed by atoms with van der Waals surface area (Å²) in [5, 5.41) is 3.16. The molecule has 2 heterocycles. The lowest BCUT2D eigenvalue weighted by Crippen LogP contribution is -1.83. The smallest absolute Gasteiger partial charge is 0.124 e. The zero-order valence-electron chi connectivity index (χ0n) is 11.6. The highest BCUT2D eigenvalue weighted by atomic mass is 32.1. The van der Waals surface area contributed by atoms with Gasteiger partial charge in [0.15, 0.2) is 0 Å². The van der Waals surface area contributed by atoms with Gasteiger partial charge in [0.1, 0.15) is 10.8 Å². The Kier molecular flexibility index (Phi) is 3.59. The van der Waals surface area contributed by atoms with Crippen molar-refractivity contribution in [3.63, 3.8) is 0 Å². The molecule has 0 aliphatic heterocycles. The first-order valence-electron chi connectivity index (χ1n) is 6.35. The van der Waals surface area contributed by atoms with Crippen molar-refractivity contribution >= 4 is 22.7 Å². The third-order valence-electron chi connectivity index (χ3n) is 3.14. The maximum atomic E-state index is 5.27. The lowest BCUT2D eigenvalue weighted by molar-refractivity contribution is 0.415. The molecule has 4 heteroatoms. The maximum absolute atomic E-state index is 5.27. The molecule has 3 aromatic rings. The Hall–Kier alpha value is -1.65. The van der Waals surface area contributed by atoms with E-state index in [1.165, 1.54) is 15.3 Å². The summed E-state index contributed by atoms with van der Waals surface area (Å²) in [7, 11) is 1.68. The van der Waals surface area contributed by atoms with E-state index in [2.05, 4.69) is 31.4 Å². The van der Waals surface area contributed by atoms with Gasteiger partial charge < -0.3 is 4.74 Å². The van der Waals surface area contributed by atoms with E-state index in [0.29, 0.717) is 0 Å². The van der Waals surface area contributed by atoms with Crippen molar-refractivity contribution < 1.29 is 4.74 Å². The van der Waals surface area contributed by atoms with E-state index in [1.807, 2.05) is 29.5 Å². The summed E-state index contributed by atoms with van der Waals surface area (Å²) in [6, 6.07) is 10.2. The van der Waals surface area contributed by atoms with Gasteiger partial charge in [0.05, 0.1) is 12.8 Å². The normalized spacial score (nSPS) is 10.8. The second kappa shape index (κ2) is 5.38. The molecule has 2 nitrogen and oxygen atoms in total. The van der Waals surface area contributed by atoms with Crippen LogP contribution in [0.15, 0.2) is 35.7 Å². The number of nitrogens with zero attached hydrogens (tertiary/aromatic N) is 1. The molecule has 0 aliphatic carbocycles. The monoisotopic (exact) mass is 301 g/mol. The first-order valence-corrected chi connectivity index (χ1v) is 8.04. The Labute approximate surface area is 126 Å². The molecule has 0 spiro atoms. The topological polar surface area (TPSA) is 22.1 Å². The summed E-state index contributed by atoms with van der Waals surface area (Å²) < 4.78 is 5.27. The molecular weight excluding hydrogens is 286 g/mol. The van der Waals surface area contributed by atoms with Crippen molar-refractivity contribution in [3.05, 3.63) is 45.5 Å². The Bertz CT molecular complexity index is 743. The number of thiophene rings is 1. The lowest BCUT2D eigenvalue weighted by atomic mass is 10.2. The summed E-state index contributed by atoms with van der Waals surface area (Å²) in [6.07, 6.45) is 0. The van der Waals surface area contributed by atoms with Crippen LogP contribution in [-0.4, -0.2) is 12.1 Å². The van der Waals surface area contributed by atoms with Crippen molar-refractivity contribution in [2.45, 2.75) is 13.8 Å². The fourth-order valence-corrected chi connectivity index (χ4v) is 3.92. The van der Waals surface area contributed by atoms with Gasteiger partial charge in [-0.15, -0.1) is 22.7 Å². The number of ether oxygens (including phenoxy) is 1. The van der Waals surface area contributed by atoms with Gasteiger partial charge >= 0.3 is 0 Å². The van der Waals surface area contributed by atoms with Crippen LogP contribution < -0.4 is 4.74 Å². The maximum Gasteiger partial charge on any atom is 0.124 e. The molecule has 2 aromatic heterocycles. The molecule has 102 valence electrons. The number of hydrogen-bond donors (Lipinski definition) is 0. The first-order chi connectivity index (χ1) is 9.67. The Morgan fingerprint density at radius 1 is 1.15 bits per heavy atom. The molecule has 0 atom stereocenters. The fourth-order valence-electron chi connectivity index (χ4n) is 2.17. The van der Waals surface area contributed by atoms with Crippen LogP contribution in [0.25, 0.3) is 21.8 Å². The van der Waals surface area contributed by atoms with E-state index in [4.69, 9.17) is 9.72 Å². The Balaban J connectivity index is 1.99. The predicted octanol–water partition coefficient (Wildman–Crippen LogP) is 5.16. The molecule has 0 saturated carbocycles. The van der Waals surface area contributed by atoms with Crippen LogP contribution in [0.3, 0.4) is 0 Å². The highest BCUT2D eigenvalue weighted by Crippen LogP contribution is 2.34. The summed E-state index contributed by atoms with van der Waals surface area (Å²) in [5.74, 6) is 0.863. The quantitative estimate of drug-likeness (QED) is 0.666. The highest BCUT2D eigenvalue weighted by molar-refractivity contribution is 7.14. The van der Waals surface area contributed by atoms with Crippen molar-refractivity contribution in [2.24, 2.45) is 0 Å². The molecule has 0 unspecified atom stereocenters. The van der Waals surface area contributed by atoms with Gasteiger partial charge in [-0.25, -0.2) is 4.98 Å². The average Bonchev–Trinajstić information content (AvgIpc) is 3.05. The molecule has 1 aromatic carbocycles. The molecule has 0 N–H and O–H groups in total. The SMILES string of the molecule is COc1cccc(-c2nc(-c3cc(C)sc3C)cs2)c1. The molecule has 0 amide bonds. The minimum Gasteiger partial charge on any atom is -0.497 e. The van der Waals surface area contributed by atoms with Crippen LogP contribution in [-0.2, 0) is 0 Å². The van der Waals surface area contributed by atoms with Crippen molar-refractivity contribution in [3.8, 4) is 27.6 Å². The van der Waals surface area contributed by atoms with E-state index in [-0.39, 0.29) is 0 Å². The van der Waals surface area contributed by atoms with Gasteiger partial charge in [-0.05, 0) is 32.0 Å². The minimum atomic E-state index is 0.863. The van der Waals surface area contributed by atoms with E-state index in [0.717, 1.165) is 22.0 Å². The van der Waals surface area contributed by atoms with Crippen molar-refractivity contribution in [1.82, 2.24) is 4.98 Å². The standard InChI is InChI=1S/C16H15NOS2/c1-10-7-14(11(2)20-10)15-9-19-16(17-15)12-5-4-6-13(8-12)18-3/h4-9H,1-3H3. The van der Waals surface area contributed by atoms with Gasteiger partial charge in [0.2, 0.25) is 0 Å². The average molecular weight is 301 g/mol.